The van der Waals surface area contributed by atoms with Gasteiger partial charge >= 0.3 is 5.97 Å². The summed E-state index contributed by atoms with van der Waals surface area (Å²) in [5, 5.41) is 8.95. The van der Waals surface area contributed by atoms with Crippen molar-refractivity contribution in [3.05, 3.63) is 35.4 Å². The number of hydrogen-bond donors (Lipinski definition) is 1. The second-order valence-corrected chi connectivity index (χ2v) is 5.05. The summed E-state index contributed by atoms with van der Waals surface area (Å²) >= 11 is 0. The fourth-order valence-electron chi connectivity index (χ4n) is 2.75. The van der Waals surface area contributed by atoms with Crippen molar-refractivity contribution in [3.63, 3.8) is 0 Å². The van der Waals surface area contributed by atoms with E-state index >= 15 is 0 Å². The Morgan fingerprint density at radius 1 is 1.16 bits per heavy atom. The van der Waals surface area contributed by atoms with Gasteiger partial charge in [-0.05, 0) is 31.0 Å². The average Bonchev–Trinajstić information content (AvgIpc) is 2.76. The normalized spacial score (nSPS) is 25.4. The molecule has 1 amide bonds. The number of morpholine rings is 1. The Labute approximate surface area is 110 Å². The highest BCUT2D eigenvalue weighted by atomic mass is 16.5. The number of ether oxygens (including phenoxy) is 1. The molecule has 2 bridgehead atoms. The van der Waals surface area contributed by atoms with Crippen molar-refractivity contribution in [3.8, 4) is 0 Å². The largest absolute Gasteiger partial charge is 0.478 e. The van der Waals surface area contributed by atoms with Gasteiger partial charge in [0.1, 0.15) is 0 Å². The van der Waals surface area contributed by atoms with Gasteiger partial charge in [-0.25, -0.2) is 4.79 Å². The molecule has 0 spiro atoms. The molecule has 0 saturated carbocycles. The fraction of sp³-hybridized carbons (Fsp3) is 0.429. The maximum absolute atomic E-state index is 12.4. The van der Waals surface area contributed by atoms with E-state index < -0.39 is 5.97 Å². The molecule has 1 aromatic rings. The van der Waals surface area contributed by atoms with Crippen LogP contribution >= 0.6 is 0 Å². The lowest BCUT2D eigenvalue weighted by molar-refractivity contribution is -0.0303. The van der Waals surface area contributed by atoms with Crippen LogP contribution < -0.4 is 0 Å². The molecule has 0 aliphatic carbocycles. The van der Waals surface area contributed by atoms with Crippen molar-refractivity contribution >= 4 is 11.9 Å². The quantitative estimate of drug-likeness (QED) is 0.873. The Kier molecular flexibility index (Phi) is 2.98. The second kappa shape index (κ2) is 4.66. The molecule has 5 nitrogen and oxygen atoms in total. The third kappa shape index (κ3) is 2.33. The highest BCUT2D eigenvalue weighted by Gasteiger charge is 2.35. The van der Waals surface area contributed by atoms with Crippen molar-refractivity contribution in [1.29, 1.82) is 0 Å². The predicted molar refractivity (Wildman–Crippen MR) is 67.2 cm³/mol. The first kappa shape index (κ1) is 12.2. The molecular formula is C14H15NO4. The summed E-state index contributed by atoms with van der Waals surface area (Å²) in [7, 11) is 0. The zero-order chi connectivity index (χ0) is 13.4. The minimum atomic E-state index is -1.02. The van der Waals surface area contributed by atoms with Gasteiger partial charge in [0.25, 0.3) is 5.91 Å². The molecule has 1 N–H and O–H groups in total. The van der Waals surface area contributed by atoms with Crippen LogP contribution in [0.5, 0.6) is 0 Å². The molecule has 3 rings (SSSR count). The molecule has 2 saturated heterocycles. The molecule has 2 unspecified atom stereocenters. The van der Waals surface area contributed by atoms with E-state index in [0.29, 0.717) is 18.7 Å². The molecule has 2 atom stereocenters. The van der Waals surface area contributed by atoms with Gasteiger partial charge in [-0.15, -0.1) is 0 Å². The lowest BCUT2D eigenvalue weighted by Crippen LogP contribution is -2.45. The van der Waals surface area contributed by atoms with Crippen LogP contribution in [0.4, 0.5) is 0 Å². The lowest BCUT2D eigenvalue weighted by atomic mass is 10.1. The van der Waals surface area contributed by atoms with E-state index in [1.807, 2.05) is 0 Å². The van der Waals surface area contributed by atoms with E-state index in [9.17, 15) is 9.59 Å². The summed E-state index contributed by atoms with van der Waals surface area (Å²) in [6.07, 6.45) is 2.29. The molecule has 0 aromatic heterocycles. The van der Waals surface area contributed by atoms with E-state index in [-0.39, 0.29) is 23.7 Å². The molecule has 19 heavy (non-hydrogen) atoms. The smallest absolute Gasteiger partial charge is 0.335 e. The van der Waals surface area contributed by atoms with Crippen LogP contribution in [0, 0.1) is 0 Å². The molecule has 2 aliphatic heterocycles. The number of rotatable bonds is 2. The maximum atomic E-state index is 12.4. The number of amides is 1. The number of fused-ring (bicyclic) bond motifs is 2. The van der Waals surface area contributed by atoms with Gasteiger partial charge in [0.2, 0.25) is 0 Å². The first-order valence-electron chi connectivity index (χ1n) is 6.41. The van der Waals surface area contributed by atoms with Crippen molar-refractivity contribution in [1.82, 2.24) is 4.90 Å². The monoisotopic (exact) mass is 261 g/mol. The van der Waals surface area contributed by atoms with Crippen LogP contribution in [0.1, 0.15) is 33.6 Å². The molecule has 5 heteroatoms. The standard InChI is InChI=1S/C14H15NO4/c16-13(9-2-1-3-10(6-9)14(17)18)15-7-11-4-5-12(8-15)19-11/h1-3,6,11-12H,4-5,7-8H2,(H,17,18). The van der Waals surface area contributed by atoms with Crippen LogP contribution in [-0.2, 0) is 4.74 Å². The predicted octanol–water partition coefficient (Wildman–Crippen LogP) is 1.39. The number of likely N-dealkylation sites (tertiary alicyclic amines) is 1. The van der Waals surface area contributed by atoms with Gasteiger partial charge in [0.05, 0.1) is 17.8 Å². The molecule has 1 aromatic carbocycles. The number of carbonyl (C=O) groups excluding carboxylic acids is 1. The molecule has 2 fully saturated rings. The van der Waals surface area contributed by atoms with Gasteiger partial charge in [0.15, 0.2) is 0 Å². The highest BCUT2D eigenvalue weighted by Crippen LogP contribution is 2.27. The van der Waals surface area contributed by atoms with Crippen molar-refractivity contribution in [2.45, 2.75) is 25.0 Å². The van der Waals surface area contributed by atoms with Crippen LogP contribution in [-0.4, -0.2) is 47.2 Å². The first-order chi connectivity index (χ1) is 9.13. The van der Waals surface area contributed by atoms with Crippen LogP contribution in [0.2, 0.25) is 0 Å². The van der Waals surface area contributed by atoms with Gasteiger partial charge in [0, 0.05) is 18.7 Å². The number of carboxylic acid groups (broad SMARTS) is 1. The maximum Gasteiger partial charge on any atom is 0.335 e. The Balaban J connectivity index is 1.80. The van der Waals surface area contributed by atoms with Gasteiger partial charge in [-0.2, -0.15) is 0 Å². The van der Waals surface area contributed by atoms with E-state index in [0.717, 1.165) is 12.8 Å². The Morgan fingerprint density at radius 3 is 2.42 bits per heavy atom. The number of carboxylic acids is 1. The molecular weight excluding hydrogens is 246 g/mol. The topological polar surface area (TPSA) is 66.8 Å². The van der Waals surface area contributed by atoms with E-state index in [2.05, 4.69) is 0 Å². The van der Waals surface area contributed by atoms with Crippen LogP contribution in [0.25, 0.3) is 0 Å². The number of aromatic carboxylic acids is 1. The highest BCUT2D eigenvalue weighted by molar-refractivity contribution is 5.97. The third-order valence-corrected chi connectivity index (χ3v) is 3.69. The number of hydrogen-bond acceptors (Lipinski definition) is 3. The SMILES string of the molecule is O=C(O)c1cccc(C(=O)N2CC3CCC(C2)O3)c1. The van der Waals surface area contributed by atoms with Crippen molar-refractivity contribution in [2.24, 2.45) is 0 Å². The van der Waals surface area contributed by atoms with E-state index in [4.69, 9.17) is 9.84 Å². The fourth-order valence-corrected chi connectivity index (χ4v) is 2.75. The van der Waals surface area contributed by atoms with E-state index in [1.54, 1.807) is 17.0 Å². The second-order valence-electron chi connectivity index (χ2n) is 5.05. The van der Waals surface area contributed by atoms with Gasteiger partial charge in [-0.1, -0.05) is 6.07 Å². The van der Waals surface area contributed by atoms with Gasteiger partial charge < -0.3 is 14.7 Å². The lowest BCUT2D eigenvalue weighted by Gasteiger charge is -2.32. The summed E-state index contributed by atoms with van der Waals surface area (Å²) in [4.78, 5) is 25.1. The van der Waals surface area contributed by atoms with Crippen molar-refractivity contribution < 1.29 is 19.4 Å². The molecule has 0 radical (unpaired) electrons. The first-order valence-corrected chi connectivity index (χ1v) is 6.41. The average molecular weight is 261 g/mol. The number of benzene rings is 1. The molecule has 100 valence electrons. The zero-order valence-electron chi connectivity index (χ0n) is 10.4. The summed E-state index contributed by atoms with van der Waals surface area (Å²) in [5.41, 5.74) is 0.572. The molecule has 2 aliphatic rings. The van der Waals surface area contributed by atoms with Crippen molar-refractivity contribution in [2.75, 3.05) is 13.1 Å². The summed E-state index contributed by atoms with van der Waals surface area (Å²) in [6, 6.07) is 6.18. The summed E-state index contributed by atoms with van der Waals surface area (Å²) in [5.74, 6) is -1.13. The number of carbonyl (C=O) groups is 2. The minimum Gasteiger partial charge on any atom is -0.478 e. The van der Waals surface area contributed by atoms with Crippen LogP contribution in [0.15, 0.2) is 24.3 Å². The minimum absolute atomic E-state index is 0.108. The Bertz CT molecular complexity index is 516. The summed E-state index contributed by atoms with van der Waals surface area (Å²) in [6.45, 7) is 1.21. The third-order valence-electron chi connectivity index (χ3n) is 3.69. The molecule has 2 heterocycles. The van der Waals surface area contributed by atoms with Gasteiger partial charge in [-0.3, -0.25) is 4.79 Å². The Hall–Kier alpha value is -1.88. The van der Waals surface area contributed by atoms with E-state index in [1.165, 1.54) is 12.1 Å². The Morgan fingerprint density at radius 2 is 1.79 bits per heavy atom. The number of nitrogens with zero attached hydrogens (tertiary/aromatic N) is 1. The zero-order valence-corrected chi connectivity index (χ0v) is 10.4. The van der Waals surface area contributed by atoms with Crippen LogP contribution in [0.3, 0.4) is 0 Å². The summed E-state index contributed by atoms with van der Waals surface area (Å²) < 4.78 is 5.69.